The van der Waals surface area contributed by atoms with Crippen molar-refractivity contribution in [1.29, 1.82) is 0 Å². The number of nitrogens with two attached hydrogens (primary N) is 1. The van der Waals surface area contributed by atoms with Gasteiger partial charge in [0.15, 0.2) is 5.78 Å². The van der Waals surface area contributed by atoms with E-state index < -0.39 is 0 Å². The quantitative estimate of drug-likeness (QED) is 0.708. The number of aromatic nitrogens is 1. The zero-order valence-corrected chi connectivity index (χ0v) is 14.5. The van der Waals surface area contributed by atoms with Crippen LogP contribution in [0.25, 0.3) is 10.2 Å². The number of anilines is 2. The lowest BCUT2D eigenvalue weighted by Gasteiger charge is -2.05. The smallest absolute Gasteiger partial charge is 0.267 e. The van der Waals surface area contributed by atoms with Gasteiger partial charge in [0.1, 0.15) is 9.71 Å². The maximum Gasteiger partial charge on any atom is 0.267 e. The topological polar surface area (TPSA) is 85.1 Å². The van der Waals surface area contributed by atoms with Crippen molar-refractivity contribution in [2.24, 2.45) is 0 Å². The Hall–Kier alpha value is -2.73. The molecule has 2 aromatic heterocycles. The van der Waals surface area contributed by atoms with Gasteiger partial charge in [-0.25, -0.2) is 4.98 Å². The molecule has 0 atom stereocenters. The van der Waals surface area contributed by atoms with Crippen molar-refractivity contribution in [3.63, 3.8) is 0 Å². The summed E-state index contributed by atoms with van der Waals surface area (Å²) < 4.78 is 0. The number of amides is 1. The zero-order chi connectivity index (χ0) is 17.4. The number of carbonyl (C=O) groups is 2. The lowest BCUT2D eigenvalue weighted by atomic mass is 10.1. The van der Waals surface area contributed by atoms with E-state index in [0.717, 1.165) is 21.5 Å². The van der Waals surface area contributed by atoms with Gasteiger partial charge in [-0.1, -0.05) is 0 Å². The second-order valence-electron chi connectivity index (χ2n) is 5.69. The van der Waals surface area contributed by atoms with E-state index in [1.807, 2.05) is 19.9 Å². The molecular formula is C18H17N3O2S. The lowest BCUT2D eigenvalue weighted by molar-refractivity contribution is 0.101. The number of fused-ring (bicyclic) bond motifs is 1. The summed E-state index contributed by atoms with van der Waals surface area (Å²) in [7, 11) is 0. The Balaban J connectivity index is 1.92. The molecule has 0 bridgehead atoms. The summed E-state index contributed by atoms with van der Waals surface area (Å²) in [5, 5.41) is 3.65. The molecule has 0 fully saturated rings. The molecule has 24 heavy (non-hydrogen) atoms. The SMILES string of the molecule is CC(=O)c1ccc(NC(=O)c2sc3nc(C)cc(C)c3c2N)cc1. The van der Waals surface area contributed by atoms with Crippen LogP contribution in [-0.4, -0.2) is 16.7 Å². The van der Waals surface area contributed by atoms with Crippen LogP contribution in [0.2, 0.25) is 0 Å². The van der Waals surface area contributed by atoms with Crippen LogP contribution in [0.1, 0.15) is 38.2 Å². The van der Waals surface area contributed by atoms with E-state index in [1.54, 1.807) is 24.3 Å². The fourth-order valence-electron chi connectivity index (χ4n) is 2.61. The van der Waals surface area contributed by atoms with Crippen molar-refractivity contribution >= 4 is 44.6 Å². The van der Waals surface area contributed by atoms with Gasteiger partial charge >= 0.3 is 0 Å². The molecule has 0 spiro atoms. The maximum atomic E-state index is 12.5. The number of benzene rings is 1. The van der Waals surface area contributed by atoms with Gasteiger partial charge in [0.2, 0.25) is 0 Å². The number of thiophene rings is 1. The largest absolute Gasteiger partial charge is 0.397 e. The third-order valence-corrected chi connectivity index (χ3v) is 4.88. The molecule has 0 saturated heterocycles. The fraction of sp³-hybridized carbons (Fsp3) is 0.167. The average Bonchev–Trinajstić information content (AvgIpc) is 2.84. The molecule has 5 nitrogen and oxygen atoms in total. The standard InChI is InChI=1S/C18H17N3O2S/c1-9-8-10(2)20-18-14(9)15(19)16(24-18)17(23)21-13-6-4-12(5-7-13)11(3)22/h4-8H,19H2,1-3H3,(H,21,23). The molecule has 1 aromatic carbocycles. The molecule has 3 rings (SSSR count). The van der Waals surface area contributed by atoms with E-state index in [4.69, 9.17) is 5.73 Å². The number of carbonyl (C=O) groups excluding carboxylic acids is 2. The van der Waals surface area contributed by atoms with Gasteiger partial charge in [0.05, 0.1) is 5.69 Å². The van der Waals surface area contributed by atoms with Gasteiger partial charge in [0.25, 0.3) is 5.91 Å². The number of Topliss-reactive ketones (excluding diaryl/α,β-unsaturated/α-hetero) is 1. The summed E-state index contributed by atoms with van der Waals surface area (Å²) in [6.45, 7) is 5.38. The van der Waals surface area contributed by atoms with Gasteiger partial charge in [-0.15, -0.1) is 11.3 Å². The van der Waals surface area contributed by atoms with Crippen LogP contribution in [-0.2, 0) is 0 Å². The third-order valence-electron chi connectivity index (χ3n) is 3.78. The molecule has 1 amide bonds. The van der Waals surface area contributed by atoms with Crippen molar-refractivity contribution in [3.05, 3.63) is 52.0 Å². The van der Waals surface area contributed by atoms with E-state index in [-0.39, 0.29) is 11.7 Å². The predicted octanol–water partition coefficient (Wildman–Crippen LogP) is 3.95. The highest BCUT2D eigenvalue weighted by Gasteiger charge is 2.19. The second kappa shape index (κ2) is 6.05. The summed E-state index contributed by atoms with van der Waals surface area (Å²) in [6, 6.07) is 8.72. The van der Waals surface area contributed by atoms with Gasteiger partial charge in [0, 0.05) is 22.3 Å². The molecule has 0 unspecified atom stereocenters. The highest BCUT2D eigenvalue weighted by molar-refractivity contribution is 7.21. The molecular weight excluding hydrogens is 322 g/mol. The number of nitrogen functional groups attached to an aromatic ring is 1. The molecule has 0 radical (unpaired) electrons. The van der Waals surface area contributed by atoms with E-state index >= 15 is 0 Å². The molecule has 3 N–H and O–H groups in total. The molecule has 0 saturated carbocycles. The summed E-state index contributed by atoms with van der Waals surface area (Å²) >= 11 is 1.29. The van der Waals surface area contributed by atoms with Gasteiger partial charge in [-0.05, 0) is 56.7 Å². The lowest BCUT2D eigenvalue weighted by Crippen LogP contribution is -2.12. The number of nitrogens with zero attached hydrogens (tertiary/aromatic N) is 1. The number of hydrogen-bond donors (Lipinski definition) is 2. The first kappa shape index (κ1) is 16.1. The number of hydrogen-bond acceptors (Lipinski definition) is 5. The Morgan fingerprint density at radius 2 is 1.83 bits per heavy atom. The van der Waals surface area contributed by atoms with E-state index in [2.05, 4.69) is 10.3 Å². The molecule has 122 valence electrons. The predicted molar refractivity (Wildman–Crippen MR) is 97.9 cm³/mol. The van der Waals surface area contributed by atoms with Gasteiger partial charge in [-0.2, -0.15) is 0 Å². The van der Waals surface area contributed by atoms with E-state index in [9.17, 15) is 9.59 Å². The normalized spacial score (nSPS) is 10.8. The number of ketones is 1. The highest BCUT2D eigenvalue weighted by atomic mass is 32.1. The van der Waals surface area contributed by atoms with Crippen LogP contribution in [0.5, 0.6) is 0 Å². The first-order chi connectivity index (χ1) is 11.4. The summed E-state index contributed by atoms with van der Waals surface area (Å²) in [4.78, 5) is 29.5. The van der Waals surface area contributed by atoms with Crippen LogP contribution >= 0.6 is 11.3 Å². The highest BCUT2D eigenvalue weighted by Crippen LogP contribution is 2.35. The summed E-state index contributed by atoms with van der Waals surface area (Å²) in [5.41, 5.74) is 9.75. The maximum absolute atomic E-state index is 12.5. The number of aryl methyl sites for hydroxylation is 2. The Morgan fingerprint density at radius 3 is 2.46 bits per heavy atom. The monoisotopic (exact) mass is 339 g/mol. The Labute approximate surface area is 143 Å². The van der Waals surface area contributed by atoms with Crippen LogP contribution in [0, 0.1) is 13.8 Å². The molecule has 2 heterocycles. The molecule has 0 aliphatic carbocycles. The molecule has 0 aliphatic rings. The third kappa shape index (κ3) is 2.88. The van der Waals surface area contributed by atoms with E-state index in [1.165, 1.54) is 18.3 Å². The average molecular weight is 339 g/mol. The minimum atomic E-state index is -0.275. The van der Waals surface area contributed by atoms with Crippen LogP contribution < -0.4 is 11.1 Å². The molecule has 0 aliphatic heterocycles. The summed E-state index contributed by atoms with van der Waals surface area (Å²) in [5.74, 6) is -0.290. The van der Waals surface area contributed by atoms with Crippen molar-refractivity contribution in [2.75, 3.05) is 11.1 Å². The Morgan fingerprint density at radius 1 is 1.17 bits per heavy atom. The van der Waals surface area contributed by atoms with Crippen molar-refractivity contribution < 1.29 is 9.59 Å². The van der Waals surface area contributed by atoms with Crippen LogP contribution in [0.15, 0.2) is 30.3 Å². The first-order valence-electron chi connectivity index (χ1n) is 7.45. The Kier molecular flexibility index (Phi) is 4.07. The fourth-order valence-corrected chi connectivity index (χ4v) is 3.73. The number of rotatable bonds is 3. The minimum absolute atomic E-state index is 0.0152. The van der Waals surface area contributed by atoms with Crippen LogP contribution in [0.4, 0.5) is 11.4 Å². The van der Waals surface area contributed by atoms with Crippen molar-refractivity contribution in [2.45, 2.75) is 20.8 Å². The molecule has 6 heteroatoms. The number of nitrogens with one attached hydrogen (secondary N) is 1. The second-order valence-corrected chi connectivity index (χ2v) is 6.69. The number of pyridine rings is 1. The van der Waals surface area contributed by atoms with Crippen LogP contribution in [0.3, 0.4) is 0 Å². The van der Waals surface area contributed by atoms with Gasteiger partial charge in [-0.3, -0.25) is 9.59 Å². The van der Waals surface area contributed by atoms with Gasteiger partial charge < -0.3 is 11.1 Å². The zero-order valence-electron chi connectivity index (χ0n) is 13.6. The van der Waals surface area contributed by atoms with Crippen molar-refractivity contribution in [1.82, 2.24) is 4.98 Å². The Bertz CT molecular complexity index is 959. The molecule has 3 aromatic rings. The van der Waals surface area contributed by atoms with Crippen molar-refractivity contribution in [3.8, 4) is 0 Å². The van der Waals surface area contributed by atoms with E-state index in [0.29, 0.717) is 21.8 Å². The summed E-state index contributed by atoms with van der Waals surface area (Å²) in [6.07, 6.45) is 0. The first-order valence-corrected chi connectivity index (χ1v) is 8.27. The minimum Gasteiger partial charge on any atom is -0.397 e.